The maximum atomic E-state index is 13.2. The lowest BCUT2D eigenvalue weighted by Gasteiger charge is -2.25. The first-order valence-corrected chi connectivity index (χ1v) is 6.89. The lowest BCUT2D eigenvalue weighted by Crippen LogP contribution is -2.40. The highest BCUT2D eigenvalue weighted by molar-refractivity contribution is 7.89. The van der Waals surface area contributed by atoms with Gasteiger partial charge in [0.05, 0.1) is 23.0 Å². The molecule has 0 bridgehead atoms. The van der Waals surface area contributed by atoms with E-state index in [4.69, 9.17) is 4.74 Å². The molecule has 0 unspecified atom stereocenters. The van der Waals surface area contributed by atoms with E-state index >= 15 is 0 Å². The second-order valence-corrected chi connectivity index (χ2v) is 5.82. The number of nitro groups is 1. The largest absolute Gasteiger partial charge is 0.379 e. The molecule has 0 aliphatic carbocycles. The first kappa shape index (κ1) is 13.8. The topological polar surface area (TPSA) is 89.8 Å². The molecule has 2 rings (SSSR count). The normalized spacial score (nSPS) is 17.3. The van der Waals surface area contributed by atoms with Crippen molar-refractivity contribution in [2.24, 2.45) is 0 Å². The van der Waals surface area contributed by atoms with Crippen molar-refractivity contribution >= 4 is 15.7 Å². The summed E-state index contributed by atoms with van der Waals surface area (Å²) in [5.41, 5.74) is -0.852. The van der Waals surface area contributed by atoms with E-state index in [1.54, 1.807) is 0 Å². The lowest BCUT2D eigenvalue weighted by molar-refractivity contribution is -0.387. The van der Waals surface area contributed by atoms with Crippen molar-refractivity contribution in [3.63, 3.8) is 0 Å². The summed E-state index contributed by atoms with van der Waals surface area (Å²) in [4.78, 5) is 9.37. The van der Waals surface area contributed by atoms with Crippen LogP contribution in [-0.2, 0) is 14.8 Å². The number of nitro benzene ring substituents is 1. The molecule has 1 aromatic rings. The van der Waals surface area contributed by atoms with Crippen molar-refractivity contribution in [2.45, 2.75) is 4.90 Å². The predicted molar refractivity (Wildman–Crippen MR) is 62.6 cm³/mol. The molecule has 0 radical (unpaired) electrons. The highest BCUT2D eigenvalue weighted by Crippen LogP contribution is 2.24. The highest BCUT2D eigenvalue weighted by Gasteiger charge is 2.28. The SMILES string of the molecule is O=[N+]([O-])c1cc(S(=O)(=O)N2CCOCC2)ccc1F. The molecular formula is C10H11FN2O5S. The van der Waals surface area contributed by atoms with Gasteiger partial charge in [-0.2, -0.15) is 8.70 Å². The Bertz CT molecular complexity index is 598. The number of nitrogens with zero attached hydrogens (tertiary/aromatic N) is 2. The zero-order valence-electron chi connectivity index (χ0n) is 9.78. The third kappa shape index (κ3) is 2.72. The third-order valence-corrected chi connectivity index (χ3v) is 4.62. The summed E-state index contributed by atoms with van der Waals surface area (Å²) in [5.74, 6) is -1.06. The van der Waals surface area contributed by atoms with E-state index in [0.717, 1.165) is 22.5 Å². The third-order valence-electron chi connectivity index (χ3n) is 2.72. The Morgan fingerprint density at radius 2 is 1.95 bits per heavy atom. The fourth-order valence-electron chi connectivity index (χ4n) is 1.73. The van der Waals surface area contributed by atoms with Crippen LogP contribution >= 0.6 is 0 Å². The molecule has 0 N–H and O–H groups in total. The van der Waals surface area contributed by atoms with Crippen LogP contribution in [0.25, 0.3) is 0 Å². The summed E-state index contributed by atoms with van der Waals surface area (Å²) < 4.78 is 43.8. The van der Waals surface area contributed by atoms with Gasteiger partial charge < -0.3 is 4.74 Å². The van der Waals surface area contributed by atoms with Crippen molar-refractivity contribution in [2.75, 3.05) is 26.3 Å². The average Bonchev–Trinajstić information content (AvgIpc) is 2.39. The average molecular weight is 290 g/mol. The van der Waals surface area contributed by atoms with Gasteiger partial charge in [-0.1, -0.05) is 0 Å². The standard InChI is InChI=1S/C10H11FN2O5S/c11-9-2-1-8(7-10(9)13(14)15)19(16,17)12-3-5-18-6-4-12/h1-2,7H,3-6H2. The molecule has 0 atom stereocenters. The number of hydrogen-bond acceptors (Lipinski definition) is 5. The zero-order valence-corrected chi connectivity index (χ0v) is 10.6. The minimum Gasteiger partial charge on any atom is -0.379 e. The molecular weight excluding hydrogens is 279 g/mol. The number of hydrogen-bond donors (Lipinski definition) is 0. The Morgan fingerprint density at radius 1 is 1.32 bits per heavy atom. The van der Waals surface area contributed by atoms with Gasteiger partial charge in [-0.3, -0.25) is 10.1 Å². The minimum absolute atomic E-state index is 0.174. The number of halogens is 1. The van der Waals surface area contributed by atoms with Crippen LogP contribution in [0.3, 0.4) is 0 Å². The fourth-order valence-corrected chi connectivity index (χ4v) is 3.16. The molecule has 1 heterocycles. The maximum Gasteiger partial charge on any atom is 0.306 e. The summed E-state index contributed by atoms with van der Waals surface area (Å²) in [6, 6.07) is 2.54. The monoisotopic (exact) mass is 290 g/mol. The van der Waals surface area contributed by atoms with E-state index in [0.29, 0.717) is 0 Å². The number of ether oxygens (including phenoxy) is 1. The first-order chi connectivity index (χ1) is 8.93. The van der Waals surface area contributed by atoms with Crippen LogP contribution in [0.4, 0.5) is 10.1 Å². The van der Waals surface area contributed by atoms with Crippen LogP contribution in [0.1, 0.15) is 0 Å². The van der Waals surface area contributed by atoms with Crippen molar-refractivity contribution in [1.29, 1.82) is 0 Å². The van der Waals surface area contributed by atoms with Crippen molar-refractivity contribution in [3.05, 3.63) is 34.1 Å². The lowest BCUT2D eigenvalue weighted by atomic mass is 10.3. The van der Waals surface area contributed by atoms with Gasteiger partial charge in [-0.05, 0) is 12.1 Å². The second kappa shape index (κ2) is 5.19. The van der Waals surface area contributed by atoms with Gasteiger partial charge in [0.1, 0.15) is 0 Å². The van der Waals surface area contributed by atoms with Crippen molar-refractivity contribution < 1.29 is 22.5 Å². The number of sulfonamides is 1. The van der Waals surface area contributed by atoms with Crippen LogP contribution in [0, 0.1) is 15.9 Å². The number of rotatable bonds is 3. The van der Waals surface area contributed by atoms with Crippen LogP contribution < -0.4 is 0 Å². The molecule has 0 amide bonds. The molecule has 0 aromatic heterocycles. The van der Waals surface area contributed by atoms with E-state index in [2.05, 4.69) is 0 Å². The Morgan fingerprint density at radius 3 is 2.53 bits per heavy atom. The van der Waals surface area contributed by atoms with E-state index in [1.807, 2.05) is 0 Å². The Hall–Kier alpha value is -1.58. The molecule has 9 heteroatoms. The van der Waals surface area contributed by atoms with E-state index < -0.39 is 26.5 Å². The quantitative estimate of drug-likeness (QED) is 0.605. The predicted octanol–water partition coefficient (Wildman–Crippen LogP) is 0.755. The maximum absolute atomic E-state index is 13.2. The summed E-state index contributed by atoms with van der Waals surface area (Å²) >= 11 is 0. The molecule has 1 saturated heterocycles. The van der Waals surface area contributed by atoms with Gasteiger partial charge in [0.25, 0.3) is 0 Å². The zero-order chi connectivity index (χ0) is 14.0. The molecule has 1 aromatic carbocycles. The Kier molecular flexibility index (Phi) is 3.78. The van der Waals surface area contributed by atoms with Gasteiger partial charge >= 0.3 is 5.69 Å². The first-order valence-electron chi connectivity index (χ1n) is 5.45. The molecule has 19 heavy (non-hydrogen) atoms. The molecule has 0 saturated carbocycles. The van der Waals surface area contributed by atoms with Crippen LogP contribution in [-0.4, -0.2) is 43.9 Å². The summed E-state index contributed by atoms with van der Waals surface area (Å²) in [6.45, 7) is 0.881. The number of benzene rings is 1. The highest BCUT2D eigenvalue weighted by atomic mass is 32.2. The molecule has 104 valence electrons. The summed E-state index contributed by atoms with van der Waals surface area (Å²) in [6.07, 6.45) is 0. The minimum atomic E-state index is -3.85. The van der Waals surface area contributed by atoms with Crippen LogP contribution in [0.5, 0.6) is 0 Å². The van der Waals surface area contributed by atoms with Gasteiger partial charge in [-0.25, -0.2) is 8.42 Å². The number of morpholine rings is 1. The van der Waals surface area contributed by atoms with E-state index in [1.165, 1.54) is 0 Å². The smallest absolute Gasteiger partial charge is 0.306 e. The fraction of sp³-hybridized carbons (Fsp3) is 0.400. The summed E-state index contributed by atoms with van der Waals surface area (Å²) in [5, 5.41) is 10.6. The van der Waals surface area contributed by atoms with Gasteiger partial charge in [-0.15, -0.1) is 0 Å². The van der Waals surface area contributed by atoms with E-state index in [-0.39, 0.29) is 31.2 Å². The second-order valence-electron chi connectivity index (χ2n) is 3.89. The van der Waals surface area contributed by atoms with Crippen molar-refractivity contribution in [3.8, 4) is 0 Å². The van der Waals surface area contributed by atoms with Crippen LogP contribution in [0.15, 0.2) is 23.1 Å². The van der Waals surface area contributed by atoms with Gasteiger partial charge in [0.2, 0.25) is 15.8 Å². The van der Waals surface area contributed by atoms with Gasteiger partial charge in [0, 0.05) is 19.2 Å². The molecule has 1 fully saturated rings. The molecule has 1 aliphatic heterocycles. The van der Waals surface area contributed by atoms with Crippen LogP contribution in [0.2, 0.25) is 0 Å². The van der Waals surface area contributed by atoms with Gasteiger partial charge in [0.15, 0.2) is 0 Å². The summed E-state index contributed by atoms with van der Waals surface area (Å²) in [7, 11) is -3.85. The van der Waals surface area contributed by atoms with Crippen molar-refractivity contribution in [1.82, 2.24) is 4.31 Å². The Balaban J connectivity index is 2.40. The molecule has 1 aliphatic rings. The Labute approximate surface area is 108 Å². The molecule has 7 nitrogen and oxygen atoms in total. The molecule has 0 spiro atoms. The van der Waals surface area contributed by atoms with E-state index in [9.17, 15) is 22.9 Å².